The van der Waals surface area contributed by atoms with Crippen molar-refractivity contribution in [3.63, 3.8) is 0 Å². The number of rotatable bonds is 4. The number of hydrogen-bond acceptors (Lipinski definition) is 3. The second kappa shape index (κ2) is 6.45. The van der Waals surface area contributed by atoms with Crippen LogP contribution in [0.2, 0.25) is 0 Å². The largest absolute Gasteiger partial charge is 0.487 e. The molecule has 2 heterocycles. The molecule has 0 saturated carbocycles. The van der Waals surface area contributed by atoms with Gasteiger partial charge in [0.25, 0.3) is 0 Å². The number of nitrogens with one attached hydrogen (secondary N) is 1. The summed E-state index contributed by atoms with van der Waals surface area (Å²) in [7, 11) is 0. The lowest BCUT2D eigenvalue weighted by Crippen LogP contribution is -2.25. The van der Waals surface area contributed by atoms with Gasteiger partial charge in [0.15, 0.2) is 0 Å². The van der Waals surface area contributed by atoms with Crippen LogP contribution in [0.1, 0.15) is 17.0 Å². The predicted molar refractivity (Wildman–Crippen MR) is 89.7 cm³/mol. The summed E-state index contributed by atoms with van der Waals surface area (Å²) in [6.07, 6.45) is 0.865. The molecule has 0 fully saturated rings. The standard InChI is InChI=1S/C19H18FN3O/c20-14-5-4-6-15(11-14)23-19-9-10-21-12-17(19)18(22-23)13-24-16-7-2-1-3-8-16/h1-8,11,21H,9-10,12-13H2. The molecular formula is C19H18FN3O. The molecule has 0 bridgehead atoms. The van der Waals surface area contributed by atoms with Crippen LogP contribution in [0, 0.1) is 5.82 Å². The number of fused-ring (bicyclic) bond motifs is 1. The molecule has 5 heteroatoms. The topological polar surface area (TPSA) is 39.1 Å². The molecule has 1 aromatic heterocycles. The van der Waals surface area contributed by atoms with E-state index in [0.717, 1.165) is 47.9 Å². The van der Waals surface area contributed by atoms with Crippen LogP contribution in [0.3, 0.4) is 0 Å². The van der Waals surface area contributed by atoms with E-state index < -0.39 is 0 Å². The Balaban J connectivity index is 1.67. The van der Waals surface area contributed by atoms with Crippen LogP contribution in [0.15, 0.2) is 54.6 Å². The van der Waals surface area contributed by atoms with E-state index >= 15 is 0 Å². The third-order valence-electron chi connectivity index (χ3n) is 4.18. The van der Waals surface area contributed by atoms with Gasteiger partial charge < -0.3 is 10.1 Å². The fourth-order valence-electron chi connectivity index (χ4n) is 3.02. The van der Waals surface area contributed by atoms with E-state index in [1.807, 2.05) is 41.1 Å². The van der Waals surface area contributed by atoms with Gasteiger partial charge in [-0.1, -0.05) is 24.3 Å². The van der Waals surface area contributed by atoms with Gasteiger partial charge in [-0.3, -0.25) is 0 Å². The van der Waals surface area contributed by atoms with Crippen molar-refractivity contribution in [2.75, 3.05) is 6.54 Å². The molecule has 0 spiro atoms. The molecule has 0 atom stereocenters. The summed E-state index contributed by atoms with van der Waals surface area (Å²) in [5.41, 5.74) is 3.93. The molecule has 1 aliphatic heterocycles. The highest BCUT2D eigenvalue weighted by molar-refractivity contribution is 5.39. The zero-order valence-electron chi connectivity index (χ0n) is 13.2. The molecule has 1 N–H and O–H groups in total. The minimum atomic E-state index is -0.257. The number of ether oxygens (including phenoxy) is 1. The SMILES string of the molecule is Fc1cccc(-n2nc(COc3ccccc3)c3c2CCNC3)c1. The van der Waals surface area contributed by atoms with Crippen LogP contribution in [0.5, 0.6) is 5.75 Å². The van der Waals surface area contributed by atoms with E-state index in [0.29, 0.717) is 6.61 Å². The van der Waals surface area contributed by atoms with Gasteiger partial charge in [-0.15, -0.1) is 0 Å². The van der Waals surface area contributed by atoms with Crippen molar-refractivity contribution >= 4 is 0 Å². The number of para-hydroxylation sites is 1. The first-order valence-corrected chi connectivity index (χ1v) is 8.05. The van der Waals surface area contributed by atoms with Crippen LogP contribution in [-0.2, 0) is 19.6 Å². The average Bonchev–Trinajstić information content (AvgIpc) is 3.00. The molecule has 0 amide bonds. The highest BCUT2D eigenvalue weighted by atomic mass is 19.1. The van der Waals surface area contributed by atoms with Gasteiger partial charge >= 0.3 is 0 Å². The zero-order chi connectivity index (χ0) is 16.4. The van der Waals surface area contributed by atoms with Crippen LogP contribution in [-0.4, -0.2) is 16.3 Å². The Morgan fingerprint density at radius 3 is 2.83 bits per heavy atom. The lowest BCUT2D eigenvalue weighted by atomic mass is 10.1. The van der Waals surface area contributed by atoms with Gasteiger partial charge in [0.1, 0.15) is 23.9 Å². The lowest BCUT2D eigenvalue weighted by Gasteiger charge is -2.15. The monoisotopic (exact) mass is 323 g/mol. The second-order valence-corrected chi connectivity index (χ2v) is 5.79. The third kappa shape index (κ3) is 2.90. The van der Waals surface area contributed by atoms with Gasteiger partial charge in [-0.2, -0.15) is 5.10 Å². The first-order chi connectivity index (χ1) is 11.8. The first-order valence-electron chi connectivity index (χ1n) is 8.05. The smallest absolute Gasteiger partial charge is 0.132 e. The molecule has 0 aliphatic carbocycles. The van der Waals surface area contributed by atoms with Crippen molar-refractivity contribution in [2.24, 2.45) is 0 Å². The Labute approximate surface area is 139 Å². The Hall–Kier alpha value is -2.66. The molecule has 24 heavy (non-hydrogen) atoms. The molecule has 0 unspecified atom stereocenters. The number of nitrogens with zero attached hydrogens (tertiary/aromatic N) is 2. The summed E-state index contributed by atoms with van der Waals surface area (Å²) in [6, 6.07) is 16.2. The minimum absolute atomic E-state index is 0.257. The Kier molecular flexibility index (Phi) is 4.01. The zero-order valence-corrected chi connectivity index (χ0v) is 13.2. The van der Waals surface area contributed by atoms with Crippen molar-refractivity contribution in [2.45, 2.75) is 19.6 Å². The Morgan fingerprint density at radius 1 is 1.12 bits per heavy atom. The number of benzene rings is 2. The Bertz CT molecular complexity index is 845. The second-order valence-electron chi connectivity index (χ2n) is 5.79. The van der Waals surface area contributed by atoms with Gasteiger partial charge in [-0.05, 0) is 30.3 Å². The van der Waals surface area contributed by atoms with Crippen molar-refractivity contribution in [3.8, 4) is 11.4 Å². The average molecular weight is 323 g/mol. The molecule has 1 aliphatic rings. The quantitative estimate of drug-likeness (QED) is 0.801. The van der Waals surface area contributed by atoms with Gasteiger partial charge in [0.2, 0.25) is 0 Å². The number of hydrogen-bond donors (Lipinski definition) is 1. The van der Waals surface area contributed by atoms with E-state index in [9.17, 15) is 4.39 Å². The summed E-state index contributed by atoms with van der Waals surface area (Å²) in [5.74, 6) is 0.558. The molecule has 0 saturated heterocycles. The van der Waals surface area contributed by atoms with Crippen molar-refractivity contribution in [3.05, 3.63) is 77.4 Å². The summed E-state index contributed by atoms with van der Waals surface area (Å²) >= 11 is 0. The molecule has 4 rings (SSSR count). The Morgan fingerprint density at radius 2 is 2.00 bits per heavy atom. The maximum atomic E-state index is 13.6. The van der Waals surface area contributed by atoms with Crippen LogP contribution in [0.4, 0.5) is 4.39 Å². The van der Waals surface area contributed by atoms with E-state index in [4.69, 9.17) is 9.84 Å². The molecule has 0 radical (unpaired) electrons. The van der Waals surface area contributed by atoms with Crippen LogP contribution < -0.4 is 10.1 Å². The van der Waals surface area contributed by atoms with Crippen LogP contribution in [0.25, 0.3) is 5.69 Å². The van der Waals surface area contributed by atoms with Gasteiger partial charge in [0, 0.05) is 25.1 Å². The van der Waals surface area contributed by atoms with E-state index in [-0.39, 0.29) is 5.82 Å². The predicted octanol–water partition coefficient (Wildman–Crippen LogP) is 3.24. The van der Waals surface area contributed by atoms with E-state index in [2.05, 4.69) is 5.32 Å². The molecule has 4 nitrogen and oxygen atoms in total. The third-order valence-corrected chi connectivity index (χ3v) is 4.18. The van der Waals surface area contributed by atoms with Gasteiger partial charge in [0.05, 0.1) is 11.4 Å². The maximum Gasteiger partial charge on any atom is 0.132 e. The van der Waals surface area contributed by atoms with Crippen molar-refractivity contribution < 1.29 is 9.13 Å². The highest BCUT2D eigenvalue weighted by Crippen LogP contribution is 2.23. The number of halogens is 1. The van der Waals surface area contributed by atoms with Crippen molar-refractivity contribution in [1.82, 2.24) is 15.1 Å². The normalized spacial score (nSPS) is 13.5. The lowest BCUT2D eigenvalue weighted by molar-refractivity contribution is 0.299. The first kappa shape index (κ1) is 14.9. The maximum absolute atomic E-state index is 13.6. The van der Waals surface area contributed by atoms with Gasteiger partial charge in [-0.25, -0.2) is 9.07 Å². The molecule has 2 aromatic carbocycles. The van der Waals surface area contributed by atoms with E-state index in [1.165, 1.54) is 12.1 Å². The van der Waals surface area contributed by atoms with E-state index in [1.54, 1.807) is 6.07 Å². The highest BCUT2D eigenvalue weighted by Gasteiger charge is 2.21. The summed E-state index contributed by atoms with van der Waals surface area (Å²) in [4.78, 5) is 0. The summed E-state index contributed by atoms with van der Waals surface area (Å²) < 4.78 is 21.3. The summed E-state index contributed by atoms with van der Waals surface area (Å²) in [5, 5.41) is 8.08. The molecular weight excluding hydrogens is 305 g/mol. The van der Waals surface area contributed by atoms with Crippen molar-refractivity contribution in [1.29, 1.82) is 0 Å². The number of aromatic nitrogens is 2. The van der Waals surface area contributed by atoms with Crippen LogP contribution >= 0.6 is 0 Å². The molecule has 3 aromatic rings. The fourth-order valence-corrected chi connectivity index (χ4v) is 3.02. The molecule has 122 valence electrons. The summed E-state index contributed by atoms with van der Waals surface area (Å²) in [6.45, 7) is 2.06. The minimum Gasteiger partial charge on any atom is -0.487 e. The fraction of sp³-hybridized carbons (Fsp3) is 0.211.